The Bertz CT molecular complexity index is 652. The topological polar surface area (TPSA) is 46.2 Å². The van der Waals surface area contributed by atoms with Crippen LogP contribution in [0.25, 0.3) is 0 Å². The van der Waals surface area contributed by atoms with Crippen molar-refractivity contribution in [1.82, 2.24) is 0 Å². The lowest BCUT2D eigenvalue weighted by molar-refractivity contribution is -0.204. The molecule has 0 atom stereocenters. The van der Waals surface area contributed by atoms with Gasteiger partial charge in [0, 0.05) is 6.61 Å². The van der Waals surface area contributed by atoms with Crippen molar-refractivity contribution in [2.45, 2.75) is 92.1 Å². The molecule has 1 aromatic carbocycles. The van der Waals surface area contributed by atoms with Crippen LogP contribution in [0.15, 0.2) is 22.7 Å². The molecule has 5 nitrogen and oxygen atoms in total. The van der Waals surface area contributed by atoms with Gasteiger partial charge in [0.1, 0.15) is 22.6 Å². The summed E-state index contributed by atoms with van der Waals surface area (Å²) in [4.78, 5) is 0. The molecule has 0 radical (unpaired) electrons. The molecule has 7 heteroatoms. The molecular weight excluding hydrogens is 463 g/mol. The number of hydrogen-bond acceptors (Lipinski definition) is 5. The Morgan fingerprint density at radius 3 is 1.94 bits per heavy atom. The zero-order chi connectivity index (χ0) is 24.6. The van der Waals surface area contributed by atoms with E-state index in [1.807, 2.05) is 39.8 Å². The average molecular weight is 506 g/mol. The van der Waals surface area contributed by atoms with Gasteiger partial charge in [-0.05, 0) is 89.1 Å². The molecule has 0 N–H and O–H groups in total. The largest absolute Gasteiger partial charge is 0.493 e. The number of halogens is 2. The maximum absolute atomic E-state index is 6.19. The summed E-state index contributed by atoms with van der Waals surface area (Å²) >= 11 is 11.3. The van der Waals surface area contributed by atoms with Crippen molar-refractivity contribution in [2.24, 2.45) is 0 Å². The number of unbranched alkanes of at least 4 members (excludes halogenated alkanes) is 2. The highest BCUT2D eigenvalue weighted by atomic mass is 35.5. The first-order chi connectivity index (χ1) is 15.8. The van der Waals surface area contributed by atoms with E-state index < -0.39 is 0 Å². The molecule has 0 aliphatic heterocycles. The van der Waals surface area contributed by atoms with E-state index >= 15 is 0 Å². The van der Waals surface area contributed by atoms with Gasteiger partial charge < -0.3 is 23.7 Å². The minimum Gasteiger partial charge on any atom is -0.493 e. The number of hydrogen-bond donors (Lipinski definition) is 0. The van der Waals surface area contributed by atoms with Crippen LogP contribution < -0.4 is 9.47 Å². The summed E-state index contributed by atoms with van der Waals surface area (Å²) in [7, 11) is 0. The van der Waals surface area contributed by atoms with Crippen molar-refractivity contribution in [3.05, 3.63) is 33.8 Å². The molecule has 0 fully saturated rings. The number of ether oxygens (including phenoxy) is 5. The first-order valence-corrected chi connectivity index (χ1v) is 12.8. The van der Waals surface area contributed by atoms with E-state index in [4.69, 9.17) is 46.9 Å². The SMILES string of the molecule is CCc1cc(OCC=C(Cl)Cl)cc(CC)c1OCCCCCOCC(OC(C)C)OC(C)C. The van der Waals surface area contributed by atoms with Gasteiger partial charge in [-0.2, -0.15) is 0 Å². The molecule has 0 aliphatic carbocycles. The van der Waals surface area contributed by atoms with Crippen LogP contribution >= 0.6 is 23.2 Å². The Kier molecular flexibility index (Phi) is 15.9. The predicted molar refractivity (Wildman–Crippen MR) is 137 cm³/mol. The molecule has 0 spiro atoms. The minimum atomic E-state index is -0.317. The molecule has 1 rings (SSSR count). The van der Waals surface area contributed by atoms with E-state index in [2.05, 4.69) is 13.8 Å². The van der Waals surface area contributed by atoms with Crippen molar-refractivity contribution in [1.29, 1.82) is 0 Å². The molecule has 0 saturated carbocycles. The molecule has 0 saturated heterocycles. The van der Waals surface area contributed by atoms with E-state index in [0.29, 0.717) is 26.4 Å². The Hall–Kier alpha value is -0.980. The third-order valence-corrected chi connectivity index (χ3v) is 5.06. The van der Waals surface area contributed by atoms with Gasteiger partial charge in [0.05, 0.1) is 25.4 Å². The number of benzene rings is 1. The van der Waals surface area contributed by atoms with Crippen molar-refractivity contribution in [3.8, 4) is 11.5 Å². The van der Waals surface area contributed by atoms with Gasteiger partial charge in [0.25, 0.3) is 0 Å². The molecular formula is C26H42Cl2O5. The van der Waals surface area contributed by atoms with Gasteiger partial charge in [0.2, 0.25) is 0 Å². The van der Waals surface area contributed by atoms with Crippen LogP contribution in [0.4, 0.5) is 0 Å². The van der Waals surface area contributed by atoms with Crippen LogP contribution in [-0.4, -0.2) is 44.9 Å². The lowest BCUT2D eigenvalue weighted by Gasteiger charge is -2.22. The number of aryl methyl sites for hydroxylation is 2. The Balaban J connectivity index is 2.41. The van der Waals surface area contributed by atoms with Gasteiger partial charge in [-0.25, -0.2) is 0 Å². The highest BCUT2D eigenvalue weighted by molar-refractivity contribution is 6.55. The second-order valence-corrected chi connectivity index (χ2v) is 9.37. The summed E-state index contributed by atoms with van der Waals surface area (Å²) in [5, 5.41) is 0. The summed E-state index contributed by atoms with van der Waals surface area (Å²) in [6.07, 6.45) is 6.26. The normalized spacial score (nSPS) is 11.5. The summed E-state index contributed by atoms with van der Waals surface area (Å²) in [5.74, 6) is 1.79. The van der Waals surface area contributed by atoms with Gasteiger partial charge in [-0.1, -0.05) is 37.0 Å². The van der Waals surface area contributed by atoms with Crippen LogP contribution in [-0.2, 0) is 27.1 Å². The van der Waals surface area contributed by atoms with Gasteiger partial charge >= 0.3 is 0 Å². The Morgan fingerprint density at radius 2 is 1.42 bits per heavy atom. The Labute approximate surface area is 210 Å². The quantitative estimate of drug-likeness (QED) is 0.155. The van der Waals surface area contributed by atoms with E-state index in [-0.39, 0.29) is 23.0 Å². The third kappa shape index (κ3) is 13.5. The summed E-state index contributed by atoms with van der Waals surface area (Å²) in [6, 6.07) is 4.07. The monoisotopic (exact) mass is 504 g/mol. The first-order valence-electron chi connectivity index (χ1n) is 12.1. The fourth-order valence-corrected chi connectivity index (χ4v) is 3.40. The fraction of sp³-hybridized carbons (Fsp3) is 0.692. The van der Waals surface area contributed by atoms with Gasteiger partial charge in [0.15, 0.2) is 6.29 Å². The zero-order valence-electron chi connectivity index (χ0n) is 21.1. The lowest BCUT2D eigenvalue weighted by atomic mass is 10.0. The lowest BCUT2D eigenvalue weighted by Crippen LogP contribution is -2.29. The minimum absolute atomic E-state index is 0.108. The van der Waals surface area contributed by atoms with Crippen LogP contribution in [0.2, 0.25) is 0 Å². The smallest absolute Gasteiger partial charge is 0.181 e. The van der Waals surface area contributed by atoms with Crippen LogP contribution in [0.5, 0.6) is 11.5 Å². The van der Waals surface area contributed by atoms with Crippen molar-refractivity contribution in [3.63, 3.8) is 0 Å². The molecule has 0 unspecified atom stereocenters. The third-order valence-electron chi connectivity index (χ3n) is 4.75. The molecule has 0 heterocycles. The predicted octanol–water partition coefficient (Wildman–Crippen LogP) is 7.25. The van der Waals surface area contributed by atoms with E-state index in [9.17, 15) is 0 Å². The molecule has 190 valence electrons. The first kappa shape index (κ1) is 30.1. The second kappa shape index (κ2) is 17.5. The molecule has 0 amide bonds. The van der Waals surface area contributed by atoms with Crippen LogP contribution in [0, 0.1) is 0 Å². The van der Waals surface area contributed by atoms with E-state index in [0.717, 1.165) is 54.7 Å². The van der Waals surface area contributed by atoms with E-state index in [1.54, 1.807) is 6.08 Å². The molecule has 0 aliphatic rings. The molecule has 33 heavy (non-hydrogen) atoms. The fourth-order valence-electron chi connectivity index (χ4n) is 3.27. The second-order valence-electron chi connectivity index (χ2n) is 8.37. The van der Waals surface area contributed by atoms with Gasteiger partial charge in [-0.3, -0.25) is 0 Å². The van der Waals surface area contributed by atoms with Gasteiger partial charge in [-0.15, -0.1) is 0 Å². The van der Waals surface area contributed by atoms with Crippen molar-refractivity contribution < 1.29 is 23.7 Å². The standard InChI is InChI=1S/C26H42Cl2O5/c1-7-21-16-23(30-15-12-24(27)28)17-22(8-2)26(21)31-14-11-9-10-13-29-18-25(32-19(3)4)33-20(5)6/h12,16-17,19-20,25H,7-11,13-15,18H2,1-6H3. The molecule has 1 aromatic rings. The highest BCUT2D eigenvalue weighted by Crippen LogP contribution is 2.31. The molecule has 0 bridgehead atoms. The number of rotatable bonds is 18. The molecule has 0 aromatic heterocycles. The highest BCUT2D eigenvalue weighted by Gasteiger charge is 2.14. The average Bonchev–Trinajstić information content (AvgIpc) is 2.74. The summed E-state index contributed by atoms with van der Waals surface area (Å²) in [5.41, 5.74) is 2.30. The zero-order valence-corrected chi connectivity index (χ0v) is 22.6. The summed E-state index contributed by atoms with van der Waals surface area (Å²) in [6.45, 7) is 14.4. The maximum Gasteiger partial charge on any atom is 0.181 e. The van der Waals surface area contributed by atoms with Crippen molar-refractivity contribution >= 4 is 23.2 Å². The Morgan fingerprint density at radius 1 is 0.848 bits per heavy atom. The van der Waals surface area contributed by atoms with Crippen LogP contribution in [0.3, 0.4) is 0 Å². The van der Waals surface area contributed by atoms with Crippen molar-refractivity contribution in [2.75, 3.05) is 26.4 Å². The van der Waals surface area contributed by atoms with E-state index in [1.165, 1.54) is 0 Å². The maximum atomic E-state index is 6.19. The summed E-state index contributed by atoms with van der Waals surface area (Å²) < 4.78 is 29.4. The van der Waals surface area contributed by atoms with Crippen LogP contribution in [0.1, 0.15) is 71.9 Å².